The van der Waals surface area contributed by atoms with Gasteiger partial charge in [0.15, 0.2) is 11.6 Å². The van der Waals surface area contributed by atoms with Gasteiger partial charge in [-0.25, -0.2) is 19.9 Å². The normalized spacial score (nSPS) is 17.5. The number of fused-ring (bicyclic) bond motifs is 1. The molecule has 0 bridgehead atoms. The molecular weight excluding hydrogens is 262 g/mol. The van der Waals surface area contributed by atoms with E-state index in [-0.39, 0.29) is 0 Å². The van der Waals surface area contributed by atoms with E-state index in [4.69, 9.17) is 4.98 Å². The highest BCUT2D eigenvalue weighted by atomic mass is 15.0. The first-order valence-corrected chi connectivity index (χ1v) is 7.66. The van der Waals surface area contributed by atoms with Gasteiger partial charge in [-0.2, -0.15) is 0 Å². The molecule has 2 aromatic rings. The lowest BCUT2D eigenvalue weighted by molar-refractivity contribution is 0.453. The van der Waals surface area contributed by atoms with Gasteiger partial charge in [0, 0.05) is 35.9 Å². The second-order valence-electron chi connectivity index (χ2n) is 5.58. The first-order chi connectivity index (χ1) is 10.3. The van der Waals surface area contributed by atoms with Gasteiger partial charge in [-0.3, -0.25) is 0 Å². The van der Waals surface area contributed by atoms with Gasteiger partial charge in [0.2, 0.25) is 0 Å². The van der Waals surface area contributed by atoms with Crippen LogP contribution < -0.4 is 5.32 Å². The van der Waals surface area contributed by atoms with E-state index in [0.29, 0.717) is 17.7 Å². The minimum absolute atomic E-state index is 0.390. The summed E-state index contributed by atoms with van der Waals surface area (Å²) in [5.41, 5.74) is 3.43. The second-order valence-corrected chi connectivity index (χ2v) is 5.58. The maximum atomic E-state index is 4.70. The Kier molecular flexibility index (Phi) is 4.20. The third-order valence-electron chi connectivity index (χ3n) is 3.80. The summed E-state index contributed by atoms with van der Waals surface area (Å²) in [6.45, 7) is 5.19. The van der Waals surface area contributed by atoms with E-state index in [1.807, 2.05) is 13.1 Å². The minimum Gasteiger partial charge on any atom is -0.310 e. The van der Waals surface area contributed by atoms with Crippen molar-refractivity contribution in [1.82, 2.24) is 25.3 Å². The topological polar surface area (TPSA) is 63.6 Å². The molecule has 0 spiro atoms. The summed E-state index contributed by atoms with van der Waals surface area (Å²) in [7, 11) is 0. The van der Waals surface area contributed by atoms with Crippen LogP contribution in [0.4, 0.5) is 0 Å². The van der Waals surface area contributed by atoms with Gasteiger partial charge in [0.05, 0.1) is 0 Å². The molecule has 0 radical (unpaired) electrons. The van der Waals surface area contributed by atoms with Crippen molar-refractivity contribution < 1.29 is 0 Å². The summed E-state index contributed by atoms with van der Waals surface area (Å²) in [4.78, 5) is 17.8. The van der Waals surface area contributed by atoms with Crippen LogP contribution in [0.2, 0.25) is 0 Å². The number of hydrogen-bond acceptors (Lipinski definition) is 5. The van der Waals surface area contributed by atoms with Crippen molar-refractivity contribution in [3.63, 3.8) is 0 Å². The van der Waals surface area contributed by atoms with Gasteiger partial charge in [0.1, 0.15) is 0 Å². The zero-order valence-electron chi connectivity index (χ0n) is 12.6. The molecule has 0 saturated heterocycles. The molecule has 0 aliphatic heterocycles. The van der Waals surface area contributed by atoms with E-state index in [1.165, 1.54) is 12.0 Å². The molecule has 1 aliphatic carbocycles. The standard InChI is InChI=1S/C16H21N5/c1-3-7-17-13-5-4-6-14-12(13)10-20-16(21-14)15-18-8-11(2)9-19-15/h8-10,13,17H,3-7H2,1-2H3. The fourth-order valence-electron chi connectivity index (χ4n) is 2.69. The summed E-state index contributed by atoms with van der Waals surface area (Å²) in [6, 6.07) is 0.390. The van der Waals surface area contributed by atoms with Crippen LogP contribution in [0, 0.1) is 6.92 Å². The smallest absolute Gasteiger partial charge is 0.197 e. The van der Waals surface area contributed by atoms with Crippen LogP contribution in [0.25, 0.3) is 11.6 Å². The van der Waals surface area contributed by atoms with Crippen molar-refractivity contribution in [3.05, 3.63) is 35.4 Å². The molecule has 0 fully saturated rings. The summed E-state index contributed by atoms with van der Waals surface area (Å²) in [6.07, 6.45) is 10.0. The van der Waals surface area contributed by atoms with Crippen LogP contribution in [0.1, 0.15) is 49.0 Å². The van der Waals surface area contributed by atoms with E-state index >= 15 is 0 Å². The van der Waals surface area contributed by atoms with E-state index in [9.17, 15) is 0 Å². The zero-order chi connectivity index (χ0) is 14.7. The Hall–Kier alpha value is -1.88. The number of aryl methyl sites for hydroxylation is 2. The Morgan fingerprint density at radius 2 is 1.90 bits per heavy atom. The molecule has 1 N–H and O–H groups in total. The molecule has 0 amide bonds. The molecule has 2 heterocycles. The Balaban J connectivity index is 1.88. The predicted molar refractivity (Wildman–Crippen MR) is 81.8 cm³/mol. The summed E-state index contributed by atoms with van der Waals surface area (Å²) < 4.78 is 0. The fraction of sp³-hybridized carbons (Fsp3) is 0.500. The quantitative estimate of drug-likeness (QED) is 0.934. The second kappa shape index (κ2) is 6.26. The van der Waals surface area contributed by atoms with E-state index in [2.05, 4.69) is 27.2 Å². The molecule has 1 atom stereocenters. The van der Waals surface area contributed by atoms with Crippen molar-refractivity contribution in [1.29, 1.82) is 0 Å². The van der Waals surface area contributed by atoms with Gasteiger partial charge < -0.3 is 5.32 Å². The third kappa shape index (κ3) is 3.08. The highest BCUT2D eigenvalue weighted by molar-refractivity contribution is 5.44. The first kappa shape index (κ1) is 14.1. The highest BCUT2D eigenvalue weighted by Gasteiger charge is 2.22. The lowest BCUT2D eigenvalue weighted by atomic mass is 9.92. The Morgan fingerprint density at radius 1 is 1.14 bits per heavy atom. The number of nitrogens with zero attached hydrogens (tertiary/aromatic N) is 4. The van der Waals surface area contributed by atoms with Crippen molar-refractivity contribution in [2.45, 2.75) is 45.6 Å². The van der Waals surface area contributed by atoms with Crippen LogP contribution in [-0.4, -0.2) is 26.5 Å². The molecule has 0 saturated carbocycles. The molecule has 1 aliphatic rings. The van der Waals surface area contributed by atoms with Crippen LogP contribution >= 0.6 is 0 Å². The number of hydrogen-bond donors (Lipinski definition) is 1. The number of nitrogens with one attached hydrogen (secondary N) is 1. The molecule has 3 rings (SSSR count). The fourth-order valence-corrected chi connectivity index (χ4v) is 2.69. The highest BCUT2D eigenvalue weighted by Crippen LogP contribution is 2.28. The van der Waals surface area contributed by atoms with Crippen molar-refractivity contribution >= 4 is 0 Å². The van der Waals surface area contributed by atoms with Gasteiger partial charge >= 0.3 is 0 Å². The number of rotatable bonds is 4. The predicted octanol–water partition coefficient (Wildman–Crippen LogP) is 2.62. The zero-order valence-corrected chi connectivity index (χ0v) is 12.6. The molecule has 5 nitrogen and oxygen atoms in total. The summed E-state index contributed by atoms with van der Waals surface area (Å²) in [5, 5.41) is 3.58. The van der Waals surface area contributed by atoms with Crippen LogP contribution in [0.5, 0.6) is 0 Å². The summed E-state index contributed by atoms with van der Waals surface area (Å²) in [5.74, 6) is 1.23. The Bertz CT molecular complexity index is 609. The molecular formula is C16H21N5. The molecule has 0 aromatic carbocycles. The largest absolute Gasteiger partial charge is 0.310 e. The van der Waals surface area contributed by atoms with E-state index in [1.54, 1.807) is 12.4 Å². The third-order valence-corrected chi connectivity index (χ3v) is 3.80. The molecule has 1 unspecified atom stereocenters. The van der Waals surface area contributed by atoms with Gasteiger partial charge in [-0.05, 0) is 44.7 Å². The molecule has 110 valence electrons. The molecule has 2 aromatic heterocycles. The van der Waals surface area contributed by atoms with Crippen LogP contribution in [0.3, 0.4) is 0 Å². The maximum absolute atomic E-state index is 4.70. The molecule has 21 heavy (non-hydrogen) atoms. The summed E-state index contributed by atoms with van der Waals surface area (Å²) >= 11 is 0. The average Bonchev–Trinajstić information content (AvgIpc) is 2.53. The van der Waals surface area contributed by atoms with E-state index < -0.39 is 0 Å². The van der Waals surface area contributed by atoms with Gasteiger partial charge in [0.25, 0.3) is 0 Å². The van der Waals surface area contributed by atoms with E-state index in [0.717, 1.165) is 37.1 Å². The van der Waals surface area contributed by atoms with Gasteiger partial charge in [-0.1, -0.05) is 6.92 Å². The maximum Gasteiger partial charge on any atom is 0.197 e. The lowest BCUT2D eigenvalue weighted by Crippen LogP contribution is -2.26. The monoisotopic (exact) mass is 283 g/mol. The van der Waals surface area contributed by atoms with Crippen LogP contribution in [-0.2, 0) is 6.42 Å². The van der Waals surface area contributed by atoms with Crippen molar-refractivity contribution in [2.75, 3.05) is 6.54 Å². The Labute approximate surface area is 125 Å². The Morgan fingerprint density at radius 3 is 2.67 bits per heavy atom. The first-order valence-electron chi connectivity index (χ1n) is 7.66. The van der Waals surface area contributed by atoms with Crippen LogP contribution in [0.15, 0.2) is 18.6 Å². The molecule has 5 heteroatoms. The van der Waals surface area contributed by atoms with Crippen molar-refractivity contribution in [2.24, 2.45) is 0 Å². The van der Waals surface area contributed by atoms with Crippen molar-refractivity contribution in [3.8, 4) is 11.6 Å². The SMILES string of the molecule is CCCNC1CCCc2nc(-c3ncc(C)cn3)ncc21. The number of aromatic nitrogens is 4. The minimum atomic E-state index is 0.390. The average molecular weight is 283 g/mol. The lowest BCUT2D eigenvalue weighted by Gasteiger charge is -2.25. The van der Waals surface area contributed by atoms with Gasteiger partial charge in [-0.15, -0.1) is 0 Å².